The number of hydrogen-bond acceptors (Lipinski definition) is 4. The van der Waals surface area contributed by atoms with Gasteiger partial charge in [0.2, 0.25) is 0 Å². The molecule has 1 aromatic heterocycles. The number of pyridine rings is 1. The number of nitrogens with zero attached hydrogens (tertiary/aromatic N) is 2. The Morgan fingerprint density at radius 2 is 1.89 bits per heavy atom. The highest BCUT2D eigenvalue weighted by molar-refractivity contribution is 5.68. The second kappa shape index (κ2) is 6.75. The van der Waals surface area contributed by atoms with E-state index in [1.165, 1.54) is 0 Å². The molecule has 2 rings (SSSR count). The average Bonchev–Trinajstić information content (AvgIpc) is 2.49. The summed E-state index contributed by atoms with van der Waals surface area (Å²) >= 11 is 0. The summed E-state index contributed by atoms with van der Waals surface area (Å²) in [6.07, 6.45) is 4.50. The number of ether oxygens (including phenoxy) is 1. The molecule has 0 spiro atoms. The van der Waals surface area contributed by atoms with Crippen LogP contribution in [0.25, 0.3) is 0 Å². The van der Waals surface area contributed by atoms with Crippen molar-refractivity contribution in [2.24, 2.45) is 5.73 Å². The van der Waals surface area contributed by atoms with Gasteiger partial charge in [-0.25, -0.2) is 0 Å². The molecule has 0 amide bonds. The summed E-state index contributed by atoms with van der Waals surface area (Å²) in [6.45, 7) is 1.51. The van der Waals surface area contributed by atoms with Crippen LogP contribution in [-0.2, 0) is 0 Å². The van der Waals surface area contributed by atoms with Gasteiger partial charge < -0.3 is 15.4 Å². The van der Waals surface area contributed by atoms with Crippen LogP contribution in [0.15, 0.2) is 48.8 Å². The largest absolute Gasteiger partial charge is 0.495 e. The van der Waals surface area contributed by atoms with Crippen LogP contribution in [0.1, 0.15) is 6.42 Å². The monoisotopic (exact) mass is 257 g/mol. The lowest BCUT2D eigenvalue weighted by Crippen LogP contribution is -2.21. The van der Waals surface area contributed by atoms with Gasteiger partial charge in [-0.2, -0.15) is 0 Å². The van der Waals surface area contributed by atoms with Gasteiger partial charge in [0.05, 0.1) is 12.8 Å². The van der Waals surface area contributed by atoms with Crippen LogP contribution in [-0.4, -0.2) is 25.2 Å². The number of rotatable bonds is 6. The van der Waals surface area contributed by atoms with Gasteiger partial charge in [0.25, 0.3) is 0 Å². The van der Waals surface area contributed by atoms with E-state index in [0.29, 0.717) is 6.54 Å². The molecule has 100 valence electrons. The molecule has 0 radical (unpaired) electrons. The molecule has 4 nitrogen and oxygen atoms in total. The molecule has 0 aliphatic rings. The van der Waals surface area contributed by atoms with E-state index in [9.17, 15) is 0 Å². The zero-order valence-electron chi connectivity index (χ0n) is 11.1. The molecule has 0 bridgehead atoms. The number of aromatic nitrogens is 1. The Morgan fingerprint density at radius 3 is 2.58 bits per heavy atom. The minimum Gasteiger partial charge on any atom is -0.495 e. The van der Waals surface area contributed by atoms with Crippen LogP contribution < -0.4 is 15.4 Å². The lowest BCUT2D eigenvalue weighted by molar-refractivity contribution is 0.415. The number of para-hydroxylation sites is 2. The Bertz CT molecular complexity index is 502. The standard InChI is InChI=1S/C15H19N3O/c1-19-15-6-3-2-5-14(15)18(12-4-9-16)13-7-10-17-11-8-13/h2-3,5-8,10-11H,4,9,12,16H2,1H3. The molecule has 0 atom stereocenters. The third-order valence-corrected chi connectivity index (χ3v) is 2.94. The molecule has 1 heterocycles. The lowest BCUT2D eigenvalue weighted by Gasteiger charge is -2.26. The number of anilines is 2. The third-order valence-electron chi connectivity index (χ3n) is 2.94. The Labute approximate surface area is 113 Å². The van der Waals surface area contributed by atoms with Crippen molar-refractivity contribution in [3.05, 3.63) is 48.8 Å². The predicted octanol–water partition coefficient (Wildman–Crippen LogP) is 2.58. The summed E-state index contributed by atoms with van der Waals surface area (Å²) in [5.41, 5.74) is 7.77. The number of benzene rings is 1. The summed E-state index contributed by atoms with van der Waals surface area (Å²) in [6, 6.07) is 12.0. The smallest absolute Gasteiger partial charge is 0.142 e. The van der Waals surface area contributed by atoms with Gasteiger partial charge in [-0.3, -0.25) is 4.98 Å². The van der Waals surface area contributed by atoms with E-state index in [-0.39, 0.29) is 0 Å². The zero-order valence-corrected chi connectivity index (χ0v) is 11.1. The normalized spacial score (nSPS) is 10.2. The molecule has 0 saturated carbocycles. The topological polar surface area (TPSA) is 51.4 Å². The van der Waals surface area contributed by atoms with Crippen LogP contribution in [0.5, 0.6) is 5.75 Å². The van der Waals surface area contributed by atoms with Crippen LogP contribution in [0.2, 0.25) is 0 Å². The van der Waals surface area contributed by atoms with Gasteiger partial charge in [-0.1, -0.05) is 12.1 Å². The first-order chi connectivity index (χ1) is 9.36. The third kappa shape index (κ3) is 3.23. The maximum absolute atomic E-state index is 5.63. The van der Waals surface area contributed by atoms with Crippen molar-refractivity contribution in [3.63, 3.8) is 0 Å². The summed E-state index contributed by atoms with van der Waals surface area (Å²) < 4.78 is 5.44. The first-order valence-corrected chi connectivity index (χ1v) is 6.37. The first-order valence-electron chi connectivity index (χ1n) is 6.37. The highest BCUT2D eigenvalue weighted by Gasteiger charge is 2.12. The van der Waals surface area contributed by atoms with Crippen molar-refractivity contribution in [2.45, 2.75) is 6.42 Å². The average molecular weight is 257 g/mol. The summed E-state index contributed by atoms with van der Waals surface area (Å²) in [4.78, 5) is 6.26. The Hall–Kier alpha value is -2.07. The van der Waals surface area contributed by atoms with Crippen molar-refractivity contribution in [1.82, 2.24) is 4.98 Å². The molecule has 19 heavy (non-hydrogen) atoms. The summed E-state index contributed by atoms with van der Waals surface area (Å²) in [7, 11) is 1.69. The molecule has 2 aromatic rings. The van der Waals surface area contributed by atoms with E-state index in [1.807, 2.05) is 30.3 Å². The predicted molar refractivity (Wildman–Crippen MR) is 77.9 cm³/mol. The number of hydrogen-bond donors (Lipinski definition) is 1. The van der Waals surface area contributed by atoms with Gasteiger partial charge in [-0.15, -0.1) is 0 Å². The van der Waals surface area contributed by atoms with E-state index >= 15 is 0 Å². The summed E-state index contributed by atoms with van der Waals surface area (Å²) in [5, 5.41) is 0. The quantitative estimate of drug-likeness (QED) is 0.864. The van der Waals surface area contributed by atoms with E-state index in [4.69, 9.17) is 10.5 Å². The zero-order chi connectivity index (χ0) is 13.5. The molecule has 2 N–H and O–H groups in total. The second-order valence-corrected chi connectivity index (χ2v) is 4.17. The van der Waals surface area contributed by atoms with E-state index in [0.717, 1.165) is 30.1 Å². The van der Waals surface area contributed by atoms with Gasteiger partial charge in [0, 0.05) is 24.6 Å². The Balaban J connectivity index is 2.37. The fourth-order valence-electron chi connectivity index (χ4n) is 2.01. The van der Waals surface area contributed by atoms with Crippen molar-refractivity contribution >= 4 is 11.4 Å². The van der Waals surface area contributed by atoms with Gasteiger partial charge in [0.1, 0.15) is 5.75 Å². The van der Waals surface area contributed by atoms with E-state index in [1.54, 1.807) is 19.5 Å². The molecule has 0 aliphatic carbocycles. The molecule has 0 fully saturated rings. The molecule has 1 aromatic carbocycles. The first kappa shape index (κ1) is 13.4. The van der Waals surface area contributed by atoms with Gasteiger partial charge >= 0.3 is 0 Å². The maximum atomic E-state index is 5.63. The minimum atomic E-state index is 0.663. The molecule has 0 saturated heterocycles. The lowest BCUT2D eigenvalue weighted by atomic mass is 10.2. The molecular formula is C15H19N3O. The molecule has 0 unspecified atom stereocenters. The Morgan fingerprint density at radius 1 is 1.16 bits per heavy atom. The highest BCUT2D eigenvalue weighted by atomic mass is 16.5. The van der Waals surface area contributed by atoms with Crippen molar-refractivity contribution in [3.8, 4) is 5.75 Å². The minimum absolute atomic E-state index is 0.663. The van der Waals surface area contributed by atoms with Crippen LogP contribution in [0.3, 0.4) is 0 Å². The van der Waals surface area contributed by atoms with Crippen LogP contribution in [0.4, 0.5) is 11.4 Å². The Kier molecular flexibility index (Phi) is 4.75. The van der Waals surface area contributed by atoms with Gasteiger partial charge in [0.15, 0.2) is 0 Å². The molecule has 4 heteroatoms. The van der Waals surface area contributed by atoms with Crippen molar-refractivity contribution in [2.75, 3.05) is 25.1 Å². The highest BCUT2D eigenvalue weighted by Crippen LogP contribution is 2.33. The number of methoxy groups -OCH3 is 1. The molecule has 0 aliphatic heterocycles. The maximum Gasteiger partial charge on any atom is 0.142 e. The van der Waals surface area contributed by atoms with Gasteiger partial charge in [-0.05, 0) is 37.2 Å². The van der Waals surface area contributed by atoms with Crippen LogP contribution in [0, 0.1) is 0 Å². The SMILES string of the molecule is COc1ccccc1N(CCCN)c1ccncc1. The molecular weight excluding hydrogens is 238 g/mol. The summed E-state index contributed by atoms with van der Waals surface area (Å²) in [5.74, 6) is 0.858. The fourth-order valence-corrected chi connectivity index (χ4v) is 2.01. The van der Waals surface area contributed by atoms with Crippen molar-refractivity contribution in [1.29, 1.82) is 0 Å². The number of nitrogens with two attached hydrogens (primary N) is 1. The van der Waals surface area contributed by atoms with Crippen molar-refractivity contribution < 1.29 is 4.74 Å². The fraction of sp³-hybridized carbons (Fsp3) is 0.267. The second-order valence-electron chi connectivity index (χ2n) is 4.17. The van der Waals surface area contributed by atoms with E-state index in [2.05, 4.69) is 16.0 Å². The van der Waals surface area contributed by atoms with E-state index < -0.39 is 0 Å². The van der Waals surface area contributed by atoms with Crippen LogP contribution >= 0.6 is 0 Å².